The average Bonchev–Trinajstić information content (AvgIpc) is 2.36. The van der Waals surface area contributed by atoms with Gasteiger partial charge in [-0.05, 0) is 25.7 Å². The van der Waals surface area contributed by atoms with Crippen molar-refractivity contribution in [3.05, 3.63) is 24.4 Å². The van der Waals surface area contributed by atoms with Crippen LogP contribution in [0.25, 0.3) is 0 Å². The fraction of sp³-hybridized carbons (Fsp3) is 0.571. The first-order chi connectivity index (χ1) is 8.69. The monoisotopic (exact) mass is 246 g/mol. The van der Waals surface area contributed by atoms with Gasteiger partial charge in [0.2, 0.25) is 5.95 Å². The van der Waals surface area contributed by atoms with Gasteiger partial charge in [-0.1, -0.05) is 13.0 Å². The molecule has 0 spiro atoms. The van der Waals surface area contributed by atoms with E-state index in [4.69, 9.17) is 0 Å². The summed E-state index contributed by atoms with van der Waals surface area (Å²) >= 11 is 0. The van der Waals surface area contributed by atoms with Gasteiger partial charge in [-0.2, -0.15) is 4.98 Å². The molecule has 0 aliphatic carbocycles. The van der Waals surface area contributed by atoms with Crippen molar-refractivity contribution in [2.24, 2.45) is 5.92 Å². The molecule has 4 nitrogen and oxygen atoms in total. The van der Waals surface area contributed by atoms with Crippen LogP contribution in [0.2, 0.25) is 0 Å². The number of nitrogens with zero attached hydrogens (tertiary/aromatic N) is 3. The summed E-state index contributed by atoms with van der Waals surface area (Å²) in [5.41, 5.74) is 1.00. The molecule has 1 aromatic rings. The number of nitrogens with one attached hydrogen (secondary N) is 1. The highest BCUT2D eigenvalue weighted by Gasteiger charge is 2.19. The summed E-state index contributed by atoms with van der Waals surface area (Å²) in [7, 11) is 0. The molecule has 1 aliphatic heterocycles. The van der Waals surface area contributed by atoms with Crippen LogP contribution in [0.4, 0.5) is 11.8 Å². The second-order valence-corrected chi connectivity index (χ2v) is 5.06. The lowest BCUT2D eigenvalue weighted by Crippen LogP contribution is -2.35. The standard InChI is InChI=1S/C14H22N4/c1-4-7-15-13-9-12(3)16-14(17-13)18-8-5-6-11(2)10-18/h4,9,11H,1,5-8,10H2,2-3H3,(H,15,16,17). The lowest BCUT2D eigenvalue weighted by atomic mass is 10.0. The molecule has 98 valence electrons. The van der Waals surface area contributed by atoms with E-state index >= 15 is 0 Å². The third-order valence-electron chi connectivity index (χ3n) is 3.21. The maximum absolute atomic E-state index is 4.59. The van der Waals surface area contributed by atoms with Crippen LogP contribution in [-0.4, -0.2) is 29.6 Å². The molecule has 0 saturated carbocycles. The van der Waals surface area contributed by atoms with Crippen molar-refractivity contribution in [1.82, 2.24) is 9.97 Å². The number of aryl methyl sites for hydroxylation is 1. The predicted octanol–water partition coefficient (Wildman–Crippen LogP) is 2.62. The van der Waals surface area contributed by atoms with Crippen molar-refractivity contribution in [1.29, 1.82) is 0 Å². The highest BCUT2D eigenvalue weighted by molar-refractivity contribution is 5.44. The molecule has 2 rings (SSSR count). The summed E-state index contributed by atoms with van der Waals surface area (Å²) in [4.78, 5) is 11.4. The maximum Gasteiger partial charge on any atom is 0.227 e. The highest BCUT2D eigenvalue weighted by atomic mass is 15.3. The zero-order chi connectivity index (χ0) is 13.0. The van der Waals surface area contributed by atoms with Crippen LogP contribution in [0.5, 0.6) is 0 Å². The van der Waals surface area contributed by atoms with Crippen LogP contribution in [0, 0.1) is 12.8 Å². The van der Waals surface area contributed by atoms with E-state index in [0.717, 1.165) is 43.0 Å². The number of hydrogen-bond donors (Lipinski definition) is 1. The van der Waals surface area contributed by atoms with Crippen LogP contribution in [0.1, 0.15) is 25.5 Å². The molecule has 0 aromatic carbocycles. The minimum atomic E-state index is 0.728. The average molecular weight is 246 g/mol. The summed E-state index contributed by atoms with van der Waals surface area (Å²) < 4.78 is 0. The van der Waals surface area contributed by atoms with Gasteiger partial charge in [0, 0.05) is 31.4 Å². The van der Waals surface area contributed by atoms with Gasteiger partial charge in [0.1, 0.15) is 5.82 Å². The molecule has 4 heteroatoms. The molecule has 1 saturated heterocycles. The van der Waals surface area contributed by atoms with Gasteiger partial charge in [-0.15, -0.1) is 6.58 Å². The fourth-order valence-electron chi connectivity index (χ4n) is 2.33. The number of aromatic nitrogens is 2. The van der Waals surface area contributed by atoms with Gasteiger partial charge in [0.25, 0.3) is 0 Å². The van der Waals surface area contributed by atoms with E-state index in [1.54, 1.807) is 0 Å². The molecule has 1 aromatic heterocycles. The van der Waals surface area contributed by atoms with Crippen LogP contribution < -0.4 is 10.2 Å². The summed E-state index contributed by atoms with van der Waals surface area (Å²) in [6, 6.07) is 1.97. The van der Waals surface area contributed by atoms with Crippen molar-refractivity contribution >= 4 is 11.8 Å². The zero-order valence-electron chi connectivity index (χ0n) is 11.3. The molecule has 0 bridgehead atoms. The van der Waals surface area contributed by atoms with Gasteiger partial charge in [-0.25, -0.2) is 4.98 Å². The normalized spacial score (nSPS) is 19.7. The summed E-state index contributed by atoms with van der Waals surface area (Å²) in [5, 5.41) is 3.23. The molecule has 0 radical (unpaired) electrons. The van der Waals surface area contributed by atoms with E-state index in [1.807, 2.05) is 19.1 Å². The summed E-state index contributed by atoms with van der Waals surface area (Å²) in [6.07, 6.45) is 4.37. The highest BCUT2D eigenvalue weighted by Crippen LogP contribution is 2.21. The number of piperidine rings is 1. The lowest BCUT2D eigenvalue weighted by molar-refractivity contribution is 0.442. The third-order valence-corrected chi connectivity index (χ3v) is 3.21. The van der Waals surface area contributed by atoms with E-state index in [9.17, 15) is 0 Å². The Morgan fingerprint density at radius 2 is 2.39 bits per heavy atom. The topological polar surface area (TPSA) is 41.1 Å². The van der Waals surface area contributed by atoms with Crippen molar-refractivity contribution in [3.63, 3.8) is 0 Å². The molecule has 2 heterocycles. The van der Waals surface area contributed by atoms with Gasteiger partial charge in [0.05, 0.1) is 0 Å². The molecule has 1 N–H and O–H groups in total. The van der Waals surface area contributed by atoms with Crippen LogP contribution in [0.3, 0.4) is 0 Å². The van der Waals surface area contributed by atoms with Gasteiger partial charge >= 0.3 is 0 Å². The minimum absolute atomic E-state index is 0.728. The Kier molecular flexibility index (Phi) is 4.18. The Bertz CT molecular complexity index is 416. The Labute approximate surface area is 109 Å². The van der Waals surface area contributed by atoms with Crippen LogP contribution in [0.15, 0.2) is 18.7 Å². The Morgan fingerprint density at radius 3 is 3.11 bits per heavy atom. The largest absolute Gasteiger partial charge is 0.366 e. The second kappa shape index (κ2) is 5.85. The first-order valence-corrected chi connectivity index (χ1v) is 6.64. The second-order valence-electron chi connectivity index (χ2n) is 5.06. The predicted molar refractivity (Wildman–Crippen MR) is 76.1 cm³/mol. The number of rotatable bonds is 4. The van der Waals surface area contributed by atoms with Crippen LogP contribution >= 0.6 is 0 Å². The van der Waals surface area contributed by atoms with Gasteiger partial charge in [0.15, 0.2) is 0 Å². The van der Waals surface area contributed by atoms with E-state index in [0.29, 0.717) is 0 Å². The third kappa shape index (κ3) is 3.22. The first-order valence-electron chi connectivity index (χ1n) is 6.64. The Hall–Kier alpha value is -1.58. The minimum Gasteiger partial charge on any atom is -0.366 e. The quantitative estimate of drug-likeness (QED) is 0.829. The van der Waals surface area contributed by atoms with E-state index in [2.05, 4.69) is 33.7 Å². The SMILES string of the molecule is C=CCNc1cc(C)nc(N2CCCC(C)C2)n1. The Balaban J connectivity index is 2.15. The molecular formula is C14H22N4. The van der Waals surface area contributed by atoms with E-state index in [-0.39, 0.29) is 0 Å². The van der Waals surface area contributed by atoms with Crippen molar-refractivity contribution in [3.8, 4) is 0 Å². The molecular weight excluding hydrogens is 224 g/mol. The van der Waals surface area contributed by atoms with Gasteiger partial charge in [-0.3, -0.25) is 0 Å². The lowest BCUT2D eigenvalue weighted by Gasteiger charge is -2.31. The summed E-state index contributed by atoms with van der Waals surface area (Å²) in [6.45, 7) is 10.9. The summed E-state index contributed by atoms with van der Waals surface area (Å²) in [5.74, 6) is 2.47. The smallest absolute Gasteiger partial charge is 0.227 e. The number of anilines is 2. The first kappa shape index (κ1) is 12.9. The number of hydrogen-bond acceptors (Lipinski definition) is 4. The maximum atomic E-state index is 4.59. The fourth-order valence-corrected chi connectivity index (χ4v) is 2.33. The van der Waals surface area contributed by atoms with Crippen LogP contribution in [-0.2, 0) is 0 Å². The molecule has 1 atom stereocenters. The van der Waals surface area contributed by atoms with E-state index in [1.165, 1.54) is 12.8 Å². The molecule has 1 fully saturated rings. The molecule has 18 heavy (non-hydrogen) atoms. The van der Waals surface area contributed by atoms with Crippen molar-refractivity contribution in [2.75, 3.05) is 29.9 Å². The molecule has 0 amide bonds. The Morgan fingerprint density at radius 1 is 1.56 bits per heavy atom. The van der Waals surface area contributed by atoms with Crippen molar-refractivity contribution < 1.29 is 0 Å². The molecule has 1 unspecified atom stereocenters. The van der Waals surface area contributed by atoms with Crippen molar-refractivity contribution in [2.45, 2.75) is 26.7 Å². The van der Waals surface area contributed by atoms with E-state index < -0.39 is 0 Å². The zero-order valence-corrected chi connectivity index (χ0v) is 11.3. The molecule has 1 aliphatic rings. The van der Waals surface area contributed by atoms with Gasteiger partial charge < -0.3 is 10.2 Å².